The summed E-state index contributed by atoms with van der Waals surface area (Å²) in [6, 6.07) is 11.5. The number of carbonyl (C=O) groups excluding carboxylic acids is 1. The monoisotopic (exact) mass is 368 g/mol. The van der Waals surface area contributed by atoms with Gasteiger partial charge in [-0.25, -0.2) is 8.78 Å². The van der Waals surface area contributed by atoms with Crippen molar-refractivity contribution < 1.29 is 18.3 Å². The number of benzene rings is 2. The number of ether oxygens (including phenoxy) is 1. The smallest absolute Gasteiger partial charge is 0.261 e. The second-order valence-electron chi connectivity index (χ2n) is 5.60. The number of amides is 1. The third kappa shape index (κ3) is 4.90. The number of nitrogens with zero attached hydrogens (tertiary/aromatic N) is 1. The Kier molecular flexibility index (Phi) is 6.73. The van der Waals surface area contributed by atoms with Crippen molar-refractivity contribution in [3.05, 3.63) is 65.7 Å². The fourth-order valence-corrected chi connectivity index (χ4v) is 2.77. The standard InChI is InChI=1S/C18H18F2N2O2.ClH/c19-14-4-6-16(7-5-14)24-12-18(23)22-9-8-21-11-17(22)13-2-1-3-15(20)10-13;/h1-7,10,17,21H,8-9,11-12H2;1H. The van der Waals surface area contributed by atoms with Crippen molar-refractivity contribution in [2.24, 2.45) is 0 Å². The molecule has 1 aliphatic heterocycles. The maximum absolute atomic E-state index is 13.5. The summed E-state index contributed by atoms with van der Waals surface area (Å²) >= 11 is 0. The van der Waals surface area contributed by atoms with Crippen molar-refractivity contribution in [1.29, 1.82) is 0 Å². The quantitative estimate of drug-likeness (QED) is 0.902. The Hall–Kier alpha value is -2.18. The Morgan fingerprint density at radius 2 is 1.92 bits per heavy atom. The normalized spacial score (nSPS) is 16.9. The zero-order valence-corrected chi connectivity index (χ0v) is 14.3. The highest BCUT2D eigenvalue weighted by molar-refractivity contribution is 5.85. The van der Waals surface area contributed by atoms with Crippen molar-refractivity contribution in [1.82, 2.24) is 10.2 Å². The summed E-state index contributed by atoms with van der Waals surface area (Å²) < 4.78 is 31.8. The molecular weight excluding hydrogens is 350 g/mol. The van der Waals surface area contributed by atoms with Gasteiger partial charge < -0.3 is 15.0 Å². The van der Waals surface area contributed by atoms with E-state index in [1.54, 1.807) is 11.0 Å². The summed E-state index contributed by atoms with van der Waals surface area (Å²) in [6.45, 7) is 1.62. The van der Waals surface area contributed by atoms with Crippen LogP contribution in [0.3, 0.4) is 0 Å². The van der Waals surface area contributed by atoms with Gasteiger partial charge in [0.2, 0.25) is 0 Å². The van der Waals surface area contributed by atoms with Crippen molar-refractivity contribution in [2.45, 2.75) is 6.04 Å². The number of hydrogen-bond donors (Lipinski definition) is 1. The molecule has 2 aromatic carbocycles. The van der Waals surface area contributed by atoms with Crippen LogP contribution < -0.4 is 10.1 Å². The fourth-order valence-electron chi connectivity index (χ4n) is 2.77. The van der Waals surface area contributed by atoms with Crippen molar-refractivity contribution in [3.63, 3.8) is 0 Å². The highest BCUT2D eigenvalue weighted by atomic mass is 35.5. The first-order valence-electron chi connectivity index (χ1n) is 7.77. The lowest BCUT2D eigenvalue weighted by molar-refractivity contribution is -0.136. The van der Waals surface area contributed by atoms with Crippen molar-refractivity contribution >= 4 is 18.3 Å². The number of piperazine rings is 1. The molecule has 0 bridgehead atoms. The minimum Gasteiger partial charge on any atom is -0.484 e. The van der Waals surface area contributed by atoms with Gasteiger partial charge in [0, 0.05) is 19.6 Å². The van der Waals surface area contributed by atoms with E-state index in [4.69, 9.17) is 4.74 Å². The van der Waals surface area contributed by atoms with Crippen LogP contribution in [0.5, 0.6) is 5.75 Å². The zero-order chi connectivity index (χ0) is 16.9. The highest BCUT2D eigenvalue weighted by Gasteiger charge is 2.28. The molecule has 1 aliphatic rings. The summed E-state index contributed by atoms with van der Waals surface area (Å²) in [5, 5.41) is 3.22. The van der Waals surface area contributed by atoms with Gasteiger partial charge in [-0.2, -0.15) is 0 Å². The zero-order valence-electron chi connectivity index (χ0n) is 13.5. The van der Waals surface area contributed by atoms with E-state index < -0.39 is 0 Å². The molecule has 0 saturated carbocycles. The maximum Gasteiger partial charge on any atom is 0.261 e. The van der Waals surface area contributed by atoms with E-state index in [2.05, 4.69) is 5.32 Å². The second kappa shape index (κ2) is 8.78. The van der Waals surface area contributed by atoms with Gasteiger partial charge in [0.1, 0.15) is 17.4 Å². The highest BCUT2D eigenvalue weighted by Crippen LogP contribution is 2.23. The van der Waals surface area contributed by atoms with Crippen LogP contribution in [-0.2, 0) is 4.79 Å². The lowest BCUT2D eigenvalue weighted by atomic mass is 10.0. The van der Waals surface area contributed by atoms with Gasteiger partial charge in [0.15, 0.2) is 6.61 Å². The van der Waals surface area contributed by atoms with Crippen LogP contribution in [0.2, 0.25) is 0 Å². The molecule has 25 heavy (non-hydrogen) atoms. The summed E-state index contributed by atoms with van der Waals surface area (Å²) in [7, 11) is 0. The summed E-state index contributed by atoms with van der Waals surface area (Å²) in [6.07, 6.45) is 0. The van der Waals surface area contributed by atoms with Gasteiger partial charge in [0.05, 0.1) is 6.04 Å². The molecule has 1 saturated heterocycles. The summed E-state index contributed by atoms with van der Waals surface area (Å²) in [5.41, 5.74) is 0.748. The van der Waals surface area contributed by atoms with Crippen LogP contribution >= 0.6 is 12.4 Å². The van der Waals surface area contributed by atoms with Crippen LogP contribution in [0, 0.1) is 11.6 Å². The largest absolute Gasteiger partial charge is 0.484 e. The van der Waals surface area contributed by atoms with Crippen LogP contribution in [-0.4, -0.2) is 37.0 Å². The lowest BCUT2D eigenvalue weighted by Crippen LogP contribution is -2.50. The Morgan fingerprint density at radius 1 is 1.16 bits per heavy atom. The molecule has 3 rings (SSSR count). The third-order valence-corrected chi connectivity index (χ3v) is 3.97. The van der Waals surface area contributed by atoms with Crippen molar-refractivity contribution in [2.75, 3.05) is 26.2 Å². The average Bonchev–Trinajstić information content (AvgIpc) is 2.61. The Bertz CT molecular complexity index is 712. The number of nitrogens with one attached hydrogen (secondary N) is 1. The van der Waals surface area contributed by atoms with Crippen LogP contribution in [0.25, 0.3) is 0 Å². The molecule has 1 N–H and O–H groups in total. The van der Waals surface area contributed by atoms with Gasteiger partial charge >= 0.3 is 0 Å². The Morgan fingerprint density at radius 3 is 2.64 bits per heavy atom. The predicted octanol–water partition coefficient (Wildman–Crippen LogP) is 2.94. The lowest BCUT2D eigenvalue weighted by Gasteiger charge is -2.36. The molecule has 0 aromatic heterocycles. The molecule has 1 atom stereocenters. The Labute approximate surface area is 151 Å². The molecule has 2 aromatic rings. The molecule has 1 unspecified atom stereocenters. The van der Waals surface area contributed by atoms with E-state index in [0.717, 1.165) is 5.56 Å². The molecule has 0 radical (unpaired) electrons. The molecule has 4 nitrogen and oxygen atoms in total. The molecule has 134 valence electrons. The maximum atomic E-state index is 13.5. The molecule has 1 heterocycles. The van der Waals surface area contributed by atoms with Crippen LogP contribution in [0.15, 0.2) is 48.5 Å². The predicted molar refractivity (Wildman–Crippen MR) is 92.9 cm³/mol. The first kappa shape index (κ1) is 19.1. The third-order valence-electron chi connectivity index (χ3n) is 3.97. The summed E-state index contributed by atoms with van der Waals surface area (Å²) in [4.78, 5) is 14.2. The number of halogens is 3. The van der Waals surface area contributed by atoms with Gasteiger partial charge in [-0.05, 0) is 42.0 Å². The fraction of sp³-hybridized carbons (Fsp3) is 0.278. The van der Waals surface area contributed by atoms with Gasteiger partial charge in [-0.3, -0.25) is 4.79 Å². The first-order chi connectivity index (χ1) is 11.6. The van der Waals surface area contributed by atoms with E-state index >= 15 is 0 Å². The molecule has 1 amide bonds. The van der Waals surface area contributed by atoms with Crippen LogP contribution in [0.4, 0.5) is 8.78 Å². The Balaban J connectivity index is 0.00000225. The number of hydrogen-bond acceptors (Lipinski definition) is 3. The number of carbonyl (C=O) groups is 1. The van der Waals surface area contributed by atoms with Gasteiger partial charge in [-0.15, -0.1) is 12.4 Å². The van der Waals surface area contributed by atoms with Gasteiger partial charge in [-0.1, -0.05) is 12.1 Å². The molecular formula is C18H19ClF2N2O2. The molecule has 7 heteroatoms. The number of rotatable bonds is 4. The SMILES string of the molecule is Cl.O=C(COc1ccc(F)cc1)N1CCNCC1c1cccc(F)c1. The van der Waals surface area contributed by atoms with Gasteiger partial charge in [0.25, 0.3) is 5.91 Å². The molecule has 0 aliphatic carbocycles. The van der Waals surface area contributed by atoms with E-state index in [1.807, 2.05) is 6.07 Å². The molecule has 1 fully saturated rings. The summed E-state index contributed by atoms with van der Waals surface area (Å²) in [5.74, 6) is -0.438. The van der Waals surface area contributed by atoms with E-state index in [-0.39, 0.29) is 42.6 Å². The average molecular weight is 369 g/mol. The first-order valence-corrected chi connectivity index (χ1v) is 7.77. The minimum atomic E-state index is -0.359. The van der Waals surface area contributed by atoms with E-state index in [9.17, 15) is 13.6 Å². The second-order valence-corrected chi connectivity index (χ2v) is 5.60. The topological polar surface area (TPSA) is 41.6 Å². The molecule has 0 spiro atoms. The van der Waals surface area contributed by atoms with E-state index in [1.165, 1.54) is 36.4 Å². The van der Waals surface area contributed by atoms with Crippen molar-refractivity contribution in [3.8, 4) is 5.75 Å². The minimum absolute atomic E-state index is 0. The van der Waals surface area contributed by atoms with E-state index in [0.29, 0.717) is 25.4 Å². The van der Waals surface area contributed by atoms with Crippen LogP contribution in [0.1, 0.15) is 11.6 Å².